The van der Waals surface area contributed by atoms with Gasteiger partial charge in [-0.2, -0.15) is 0 Å². The van der Waals surface area contributed by atoms with Crippen molar-refractivity contribution in [1.29, 1.82) is 0 Å². The third-order valence-electron chi connectivity index (χ3n) is 4.90. The van der Waals surface area contributed by atoms with Crippen LogP contribution in [0.15, 0.2) is 48.5 Å². The van der Waals surface area contributed by atoms with E-state index in [9.17, 15) is 9.18 Å². The van der Waals surface area contributed by atoms with Gasteiger partial charge in [-0.15, -0.1) is 0 Å². The lowest BCUT2D eigenvalue weighted by atomic mass is 10.0. The molecule has 1 fully saturated rings. The minimum absolute atomic E-state index is 0.00208. The first-order valence-corrected chi connectivity index (χ1v) is 9.29. The van der Waals surface area contributed by atoms with Gasteiger partial charge in [0.05, 0.1) is 6.04 Å². The van der Waals surface area contributed by atoms with Crippen LogP contribution in [0, 0.1) is 5.82 Å². The Bertz CT molecular complexity index is 766. The Balaban J connectivity index is 1.52. The SMILES string of the molecule is Nc1ccc(OC[C@@H]2CCCN2C(=O)C[C@H](N)Cc2ccccc2F)cc1. The second kappa shape index (κ2) is 8.86. The smallest absolute Gasteiger partial charge is 0.224 e. The Hall–Kier alpha value is -2.60. The zero-order chi connectivity index (χ0) is 19.2. The molecule has 2 aromatic rings. The molecule has 6 heteroatoms. The standard InChI is InChI=1S/C21H26FN3O2/c22-20-6-2-1-4-15(20)12-17(24)13-21(26)25-11-3-5-18(25)14-27-19-9-7-16(23)8-10-19/h1-2,4,6-10,17-18H,3,5,11-14,23-24H2/t17-,18+/m1/s1. The molecule has 1 saturated heterocycles. The number of likely N-dealkylation sites (tertiary alicyclic amines) is 1. The molecule has 2 atom stereocenters. The van der Waals surface area contributed by atoms with E-state index in [-0.39, 0.29) is 24.2 Å². The van der Waals surface area contributed by atoms with Crippen molar-refractivity contribution in [2.75, 3.05) is 18.9 Å². The summed E-state index contributed by atoms with van der Waals surface area (Å²) in [7, 11) is 0. The van der Waals surface area contributed by atoms with Gasteiger partial charge in [0, 0.05) is 24.7 Å². The Morgan fingerprint density at radius 1 is 1.22 bits per heavy atom. The Morgan fingerprint density at radius 2 is 1.96 bits per heavy atom. The van der Waals surface area contributed by atoms with Crippen molar-refractivity contribution in [3.63, 3.8) is 0 Å². The second-order valence-corrected chi connectivity index (χ2v) is 7.02. The van der Waals surface area contributed by atoms with Gasteiger partial charge in [0.1, 0.15) is 18.2 Å². The van der Waals surface area contributed by atoms with Gasteiger partial charge in [0.25, 0.3) is 0 Å². The highest BCUT2D eigenvalue weighted by Crippen LogP contribution is 2.21. The van der Waals surface area contributed by atoms with Crippen LogP contribution in [0.25, 0.3) is 0 Å². The van der Waals surface area contributed by atoms with Crippen molar-refractivity contribution in [1.82, 2.24) is 4.90 Å². The van der Waals surface area contributed by atoms with Crippen LogP contribution in [0.4, 0.5) is 10.1 Å². The van der Waals surface area contributed by atoms with Gasteiger partial charge in [-0.05, 0) is 55.2 Å². The van der Waals surface area contributed by atoms with Crippen molar-refractivity contribution in [3.8, 4) is 5.75 Å². The van der Waals surface area contributed by atoms with Crippen molar-refractivity contribution in [2.24, 2.45) is 5.73 Å². The zero-order valence-corrected chi connectivity index (χ0v) is 15.3. The maximum atomic E-state index is 13.8. The molecule has 2 aromatic carbocycles. The van der Waals surface area contributed by atoms with E-state index in [1.54, 1.807) is 30.3 Å². The van der Waals surface area contributed by atoms with Crippen LogP contribution in [0.1, 0.15) is 24.8 Å². The second-order valence-electron chi connectivity index (χ2n) is 7.02. The number of benzene rings is 2. The highest BCUT2D eigenvalue weighted by Gasteiger charge is 2.30. The van der Waals surface area contributed by atoms with Crippen LogP contribution in [0.2, 0.25) is 0 Å². The van der Waals surface area contributed by atoms with E-state index < -0.39 is 6.04 Å². The fourth-order valence-electron chi connectivity index (χ4n) is 3.45. The van der Waals surface area contributed by atoms with Crippen LogP contribution < -0.4 is 16.2 Å². The average molecular weight is 371 g/mol. The van der Waals surface area contributed by atoms with Gasteiger partial charge in [-0.3, -0.25) is 4.79 Å². The molecule has 3 rings (SSSR count). The Kier molecular flexibility index (Phi) is 6.29. The molecular formula is C21H26FN3O2. The summed E-state index contributed by atoms with van der Waals surface area (Å²) < 4.78 is 19.6. The van der Waals surface area contributed by atoms with Crippen molar-refractivity contribution in [3.05, 3.63) is 59.9 Å². The highest BCUT2D eigenvalue weighted by molar-refractivity contribution is 5.77. The third-order valence-corrected chi connectivity index (χ3v) is 4.90. The van der Waals surface area contributed by atoms with Crippen LogP contribution in [0.3, 0.4) is 0 Å². The van der Waals surface area contributed by atoms with Crippen LogP contribution >= 0.6 is 0 Å². The molecule has 0 radical (unpaired) electrons. The number of carbonyl (C=O) groups excluding carboxylic acids is 1. The summed E-state index contributed by atoms with van der Waals surface area (Å²) in [5.74, 6) is 0.457. The Labute approximate surface area is 159 Å². The molecule has 0 spiro atoms. The van der Waals surface area contributed by atoms with E-state index in [1.807, 2.05) is 17.0 Å². The van der Waals surface area contributed by atoms with E-state index in [4.69, 9.17) is 16.2 Å². The number of amides is 1. The molecular weight excluding hydrogens is 345 g/mol. The van der Waals surface area contributed by atoms with Crippen LogP contribution in [-0.2, 0) is 11.2 Å². The fraction of sp³-hybridized carbons (Fsp3) is 0.381. The number of halogens is 1. The predicted octanol–water partition coefficient (Wildman–Crippen LogP) is 2.74. The first-order chi connectivity index (χ1) is 13.0. The molecule has 4 N–H and O–H groups in total. The number of nitrogens with two attached hydrogens (primary N) is 2. The molecule has 0 bridgehead atoms. The summed E-state index contributed by atoms with van der Waals surface area (Å²) in [6.45, 7) is 1.15. The average Bonchev–Trinajstić information content (AvgIpc) is 3.12. The molecule has 5 nitrogen and oxygen atoms in total. The first-order valence-electron chi connectivity index (χ1n) is 9.29. The minimum Gasteiger partial charge on any atom is -0.491 e. The van der Waals surface area contributed by atoms with Crippen LogP contribution in [0.5, 0.6) is 5.75 Å². The minimum atomic E-state index is -0.409. The Morgan fingerprint density at radius 3 is 2.70 bits per heavy atom. The van der Waals surface area contributed by atoms with Gasteiger partial charge < -0.3 is 21.1 Å². The lowest BCUT2D eigenvalue weighted by molar-refractivity contribution is -0.132. The van der Waals surface area contributed by atoms with E-state index in [0.29, 0.717) is 30.8 Å². The molecule has 1 amide bonds. The zero-order valence-electron chi connectivity index (χ0n) is 15.3. The largest absolute Gasteiger partial charge is 0.491 e. The molecule has 0 saturated carbocycles. The summed E-state index contributed by atoms with van der Waals surface area (Å²) >= 11 is 0. The van der Waals surface area contributed by atoms with Gasteiger partial charge >= 0.3 is 0 Å². The van der Waals surface area contributed by atoms with Gasteiger partial charge in [-0.25, -0.2) is 4.39 Å². The molecule has 1 aliphatic rings. The number of anilines is 1. The summed E-state index contributed by atoms with van der Waals surface area (Å²) in [6, 6.07) is 13.4. The topological polar surface area (TPSA) is 81.6 Å². The van der Waals surface area contributed by atoms with Crippen molar-refractivity contribution < 1.29 is 13.9 Å². The molecule has 144 valence electrons. The van der Waals surface area contributed by atoms with Crippen molar-refractivity contribution in [2.45, 2.75) is 37.8 Å². The maximum Gasteiger partial charge on any atom is 0.224 e. The lowest BCUT2D eigenvalue weighted by Gasteiger charge is -2.26. The number of hydrogen-bond acceptors (Lipinski definition) is 4. The maximum absolute atomic E-state index is 13.8. The first kappa shape index (κ1) is 19.2. The van der Waals surface area contributed by atoms with Crippen molar-refractivity contribution >= 4 is 11.6 Å². The quantitative estimate of drug-likeness (QED) is 0.733. The number of ether oxygens (including phenoxy) is 1. The van der Waals surface area contributed by atoms with E-state index in [2.05, 4.69) is 0 Å². The number of nitrogens with zero attached hydrogens (tertiary/aromatic N) is 1. The number of rotatable bonds is 7. The number of hydrogen-bond donors (Lipinski definition) is 2. The normalized spacial score (nSPS) is 17.7. The monoisotopic (exact) mass is 371 g/mol. The number of carbonyl (C=O) groups is 1. The summed E-state index contributed by atoms with van der Waals surface area (Å²) in [4.78, 5) is 14.5. The molecule has 1 heterocycles. The molecule has 0 unspecified atom stereocenters. The van der Waals surface area contributed by atoms with E-state index >= 15 is 0 Å². The summed E-state index contributed by atoms with van der Waals surface area (Å²) in [5.41, 5.74) is 13.0. The molecule has 1 aliphatic heterocycles. The van der Waals surface area contributed by atoms with Gasteiger partial charge in [-0.1, -0.05) is 18.2 Å². The van der Waals surface area contributed by atoms with E-state index in [0.717, 1.165) is 18.6 Å². The molecule has 0 aromatic heterocycles. The summed E-state index contributed by atoms with van der Waals surface area (Å²) in [6.07, 6.45) is 2.40. The van der Waals surface area contributed by atoms with Gasteiger partial charge in [0.15, 0.2) is 0 Å². The molecule has 27 heavy (non-hydrogen) atoms. The summed E-state index contributed by atoms with van der Waals surface area (Å²) in [5, 5.41) is 0. The van der Waals surface area contributed by atoms with Gasteiger partial charge in [0.2, 0.25) is 5.91 Å². The predicted molar refractivity (Wildman–Crippen MR) is 104 cm³/mol. The lowest BCUT2D eigenvalue weighted by Crippen LogP contribution is -2.42. The fourth-order valence-corrected chi connectivity index (χ4v) is 3.45. The molecule has 0 aliphatic carbocycles. The van der Waals surface area contributed by atoms with Crippen LogP contribution in [-0.4, -0.2) is 36.0 Å². The number of nitrogen functional groups attached to an aromatic ring is 1. The third kappa shape index (κ3) is 5.20. The van der Waals surface area contributed by atoms with E-state index in [1.165, 1.54) is 6.07 Å². The highest BCUT2D eigenvalue weighted by atomic mass is 19.1.